The number of carbonyl (C=O) groups is 2. The van der Waals surface area contributed by atoms with Crippen molar-refractivity contribution in [2.24, 2.45) is 0 Å². The van der Waals surface area contributed by atoms with Crippen LogP contribution in [0.3, 0.4) is 0 Å². The number of halogens is 7. The van der Waals surface area contributed by atoms with E-state index in [0.29, 0.717) is 27.9 Å². The molecule has 2 amide bonds. The molecule has 0 saturated heterocycles. The molecule has 0 spiro atoms. The second-order valence-corrected chi connectivity index (χ2v) is 9.23. The summed E-state index contributed by atoms with van der Waals surface area (Å²) in [6, 6.07) is 9.64. The molecule has 8 nitrogen and oxygen atoms in total. The standard InChI is InChI=1S/C25H14ClF6N5O3/c1-12-7-13(5-6-19(12)36-21(38)17-3-2-4-18(26)20(17)22(36)39)11-35-23(40)37(34-33-35)16-9-14(24(27,28)29)8-15(10-16)25(30,31)32/h2-10H,11H2,1H3. The van der Waals surface area contributed by atoms with E-state index in [-0.39, 0.29) is 34.4 Å². The fourth-order valence-electron chi connectivity index (χ4n) is 4.30. The molecule has 15 heteroatoms. The predicted octanol–water partition coefficient (Wildman–Crippen LogP) is 5.28. The van der Waals surface area contributed by atoms with E-state index < -0.39 is 46.7 Å². The van der Waals surface area contributed by atoms with E-state index in [4.69, 9.17) is 11.6 Å². The highest BCUT2D eigenvalue weighted by Gasteiger charge is 2.39. The normalized spacial score (nSPS) is 13.8. The maximum Gasteiger partial charge on any atom is 0.416 e. The van der Waals surface area contributed by atoms with Gasteiger partial charge in [-0.1, -0.05) is 29.8 Å². The Kier molecular flexibility index (Phi) is 6.32. The summed E-state index contributed by atoms with van der Waals surface area (Å²) < 4.78 is 80.4. The zero-order chi connectivity index (χ0) is 29.1. The average Bonchev–Trinajstić information content (AvgIpc) is 3.35. The number of imide groups is 1. The number of hydrogen-bond donors (Lipinski definition) is 0. The summed E-state index contributed by atoms with van der Waals surface area (Å²) in [5, 5.41) is 7.16. The number of amides is 2. The van der Waals surface area contributed by atoms with Crippen LogP contribution in [0.25, 0.3) is 5.69 Å². The third-order valence-electron chi connectivity index (χ3n) is 6.15. The zero-order valence-electron chi connectivity index (χ0n) is 20.0. The van der Waals surface area contributed by atoms with Crippen molar-refractivity contribution in [2.45, 2.75) is 25.8 Å². The minimum absolute atomic E-state index is 0.0639. The van der Waals surface area contributed by atoms with Gasteiger partial charge in [-0.2, -0.15) is 35.7 Å². The molecule has 3 aromatic carbocycles. The third-order valence-corrected chi connectivity index (χ3v) is 6.47. The van der Waals surface area contributed by atoms with Gasteiger partial charge in [0.25, 0.3) is 11.8 Å². The summed E-state index contributed by atoms with van der Waals surface area (Å²) in [7, 11) is 0. The van der Waals surface area contributed by atoms with Crippen molar-refractivity contribution in [1.82, 2.24) is 19.8 Å². The van der Waals surface area contributed by atoms with E-state index in [1.165, 1.54) is 30.3 Å². The number of aryl methyl sites for hydroxylation is 1. The van der Waals surface area contributed by atoms with E-state index in [0.717, 1.165) is 9.58 Å². The van der Waals surface area contributed by atoms with E-state index in [2.05, 4.69) is 10.4 Å². The van der Waals surface area contributed by atoms with Crippen molar-refractivity contribution in [3.8, 4) is 5.69 Å². The van der Waals surface area contributed by atoms with E-state index >= 15 is 0 Å². The molecular weight excluding hydrogens is 568 g/mol. The van der Waals surface area contributed by atoms with Gasteiger partial charge in [0, 0.05) is 0 Å². The summed E-state index contributed by atoms with van der Waals surface area (Å²) in [5.41, 5.74) is -3.74. The minimum atomic E-state index is -5.11. The van der Waals surface area contributed by atoms with Crippen LogP contribution in [0.5, 0.6) is 0 Å². The number of tetrazole rings is 1. The van der Waals surface area contributed by atoms with Gasteiger partial charge in [-0.3, -0.25) is 9.59 Å². The molecule has 0 radical (unpaired) electrons. The second-order valence-electron chi connectivity index (χ2n) is 8.82. The maximum atomic E-state index is 13.2. The van der Waals surface area contributed by atoms with Crippen molar-refractivity contribution >= 4 is 29.1 Å². The molecule has 0 unspecified atom stereocenters. The summed E-state index contributed by atoms with van der Waals surface area (Å²) in [5.74, 6) is -1.18. The first-order valence-corrected chi connectivity index (χ1v) is 11.6. The van der Waals surface area contributed by atoms with E-state index in [1.54, 1.807) is 13.0 Å². The molecule has 40 heavy (non-hydrogen) atoms. The molecule has 0 saturated carbocycles. The largest absolute Gasteiger partial charge is 0.416 e. The molecular formula is C25H14ClF6N5O3. The fourth-order valence-corrected chi connectivity index (χ4v) is 4.55. The predicted molar refractivity (Wildman–Crippen MR) is 128 cm³/mol. The van der Waals surface area contributed by atoms with Crippen LogP contribution in [-0.4, -0.2) is 31.6 Å². The molecule has 1 aromatic heterocycles. The molecule has 0 bridgehead atoms. The number of carbonyl (C=O) groups excluding carboxylic acids is 2. The summed E-state index contributed by atoms with van der Waals surface area (Å²) >= 11 is 6.10. The van der Waals surface area contributed by atoms with Crippen LogP contribution < -0.4 is 10.6 Å². The van der Waals surface area contributed by atoms with Crippen LogP contribution in [0, 0.1) is 6.92 Å². The van der Waals surface area contributed by atoms with Gasteiger partial charge in [-0.05, 0) is 64.9 Å². The quantitative estimate of drug-likeness (QED) is 0.242. The topological polar surface area (TPSA) is 90.1 Å². The summed E-state index contributed by atoms with van der Waals surface area (Å²) in [6.07, 6.45) is -10.2. The number of aromatic nitrogens is 4. The number of anilines is 1. The lowest BCUT2D eigenvalue weighted by atomic mass is 10.1. The van der Waals surface area contributed by atoms with Crippen molar-refractivity contribution < 1.29 is 35.9 Å². The van der Waals surface area contributed by atoms with Gasteiger partial charge in [0.05, 0.1) is 45.2 Å². The van der Waals surface area contributed by atoms with Crippen LogP contribution in [0.2, 0.25) is 5.02 Å². The number of fused-ring (bicyclic) bond motifs is 1. The highest BCUT2D eigenvalue weighted by atomic mass is 35.5. The lowest BCUT2D eigenvalue weighted by Gasteiger charge is -2.17. The molecule has 0 N–H and O–H groups in total. The van der Waals surface area contributed by atoms with Gasteiger partial charge in [0.2, 0.25) is 0 Å². The number of benzene rings is 3. The zero-order valence-corrected chi connectivity index (χ0v) is 20.8. The minimum Gasteiger partial charge on any atom is -0.268 e. The van der Waals surface area contributed by atoms with Gasteiger partial charge >= 0.3 is 18.0 Å². The Morgan fingerprint density at radius 3 is 2.05 bits per heavy atom. The van der Waals surface area contributed by atoms with Crippen molar-refractivity contribution in [1.29, 1.82) is 0 Å². The van der Waals surface area contributed by atoms with Gasteiger partial charge in [-0.25, -0.2) is 9.69 Å². The number of alkyl halides is 6. The Labute approximate surface area is 225 Å². The highest BCUT2D eigenvalue weighted by molar-refractivity contribution is 6.42. The molecule has 1 aliphatic rings. The van der Waals surface area contributed by atoms with Gasteiger partial charge in [0.15, 0.2) is 0 Å². The van der Waals surface area contributed by atoms with Crippen LogP contribution in [0.1, 0.15) is 43.0 Å². The highest BCUT2D eigenvalue weighted by Crippen LogP contribution is 2.37. The summed E-state index contributed by atoms with van der Waals surface area (Å²) in [4.78, 5) is 39.6. The van der Waals surface area contributed by atoms with Gasteiger partial charge < -0.3 is 0 Å². The molecule has 0 atom stereocenters. The van der Waals surface area contributed by atoms with Crippen molar-refractivity contribution in [2.75, 3.05) is 4.90 Å². The molecule has 0 fully saturated rings. The van der Waals surface area contributed by atoms with E-state index in [9.17, 15) is 40.7 Å². The van der Waals surface area contributed by atoms with Crippen LogP contribution in [0.4, 0.5) is 32.0 Å². The Morgan fingerprint density at radius 1 is 0.825 bits per heavy atom. The number of nitrogens with zero attached hydrogens (tertiary/aromatic N) is 5. The molecule has 206 valence electrons. The molecule has 2 heterocycles. The third kappa shape index (κ3) is 4.63. The first kappa shape index (κ1) is 27.1. The van der Waals surface area contributed by atoms with E-state index in [1.807, 2.05) is 0 Å². The van der Waals surface area contributed by atoms with Crippen molar-refractivity contribution in [3.63, 3.8) is 0 Å². The Balaban J connectivity index is 1.45. The maximum absolute atomic E-state index is 13.2. The first-order valence-electron chi connectivity index (χ1n) is 11.3. The average molecular weight is 582 g/mol. The Hall–Kier alpha value is -4.46. The Morgan fingerprint density at radius 2 is 1.48 bits per heavy atom. The summed E-state index contributed by atoms with van der Waals surface area (Å²) in [6.45, 7) is 1.34. The molecule has 1 aliphatic heterocycles. The lowest BCUT2D eigenvalue weighted by Crippen LogP contribution is -2.30. The smallest absolute Gasteiger partial charge is 0.268 e. The monoisotopic (exact) mass is 581 g/mol. The number of hydrogen-bond acceptors (Lipinski definition) is 5. The fraction of sp³-hybridized carbons (Fsp3) is 0.160. The molecule has 0 aliphatic carbocycles. The molecule has 5 rings (SSSR count). The van der Waals surface area contributed by atoms with Crippen LogP contribution in [-0.2, 0) is 18.9 Å². The van der Waals surface area contributed by atoms with Gasteiger partial charge in [0.1, 0.15) is 0 Å². The van der Waals surface area contributed by atoms with Crippen molar-refractivity contribution in [3.05, 3.63) is 103 Å². The number of rotatable bonds is 4. The van der Waals surface area contributed by atoms with Crippen LogP contribution in [0.15, 0.2) is 59.4 Å². The van der Waals surface area contributed by atoms with Crippen LogP contribution >= 0.6 is 11.6 Å². The lowest BCUT2D eigenvalue weighted by molar-refractivity contribution is -0.143. The Bertz CT molecular complexity index is 1730. The first-order chi connectivity index (χ1) is 18.7. The molecule has 4 aromatic rings. The SMILES string of the molecule is Cc1cc(Cn2nnn(-c3cc(C(F)(F)F)cc(C(F)(F)F)c3)c2=O)ccc1N1C(=O)c2cccc(Cl)c2C1=O. The van der Waals surface area contributed by atoms with Gasteiger partial charge in [-0.15, -0.1) is 0 Å². The second kappa shape index (κ2) is 9.33.